The molecule has 1 aromatic carbocycles. The Kier molecular flexibility index (Phi) is 5.45. The quantitative estimate of drug-likeness (QED) is 0.764. The molecule has 1 unspecified atom stereocenters. The van der Waals surface area contributed by atoms with E-state index in [-0.39, 0.29) is 0 Å². The van der Waals surface area contributed by atoms with Gasteiger partial charge in [0.1, 0.15) is 0 Å². The zero-order valence-corrected chi connectivity index (χ0v) is 11.5. The summed E-state index contributed by atoms with van der Waals surface area (Å²) in [7, 11) is 0. The Hall–Kier alpha value is -0.610. The molecule has 0 aliphatic carbocycles. The Balaban J connectivity index is 1.80. The third-order valence-corrected chi connectivity index (χ3v) is 3.63. The summed E-state index contributed by atoms with van der Waals surface area (Å²) in [5.74, 6) is 0.756. The minimum atomic E-state index is 0.542. The Labute approximate surface area is 114 Å². The maximum absolute atomic E-state index is 6.06. The van der Waals surface area contributed by atoms with Gasteiger partial charge in [0.2, 0.25) is 0 Å². The lowest BCUT2D eigenvalue weighted by molar-refractivity contribution is 0.360. The number of nitrogens with one attached hydrogen (secondary N) is 2. The van der Waals surface area contributed by atoms with Crippen LogP contribution in [0.3, 0.4) is 0 Å². The van der Waals surface area contributed by atoms with Crippen molar-refractivity contribution in [1.29, 1.82) is 0 Å². The van der Waals surface area contributed by atoms with Gasteiger partial charge < -0.3 is 16.4 Å². The molecule has 0 aromatic heterocycles. The van der Waals surface area contributed by atoms with Gasteiger partial charge in [0, 0.05) is 18.1 Å². The van der Waals surface area contributed by atoms with Gasteiger partial charge in [-0.3, -0.25) is 0 Å². The average molecular weight is 268 g/mol. The van der Waals surface area contributed by atoms with E-state index in [2.05, 4.69) is 16.7 Å². The number of nitrogens with two attached hydrogens (primary N) is 1. The minimum absolute atomic E-state index is 0.542. The van der Waals surface area contributed by atoms with Crippen LogP contribution in [0, 0.1) is 5.92 Å². The highest BCUT2D eigenvalue weighted by Gasteiger charge is 2.11. The molecule has 1 fully saturated rings. The summed E-state index contributed by atoms with van der Waals surface area (Å²) in [6.45, 7) is 4.78. The van der Waals surface area contributed by atoms with Crippen molar-refractivity contribution in [3.8, 4) is 0 Å². The summed E-state index contributed by atoms with van der Waals surface area (Å²) < 4.78 is 0. The van der Waals surface area contributed by atoms with Crippen LogP contribution in [-0.2, 0) is 13.1 Å². The molecular weight excluding hydrogens is 246 g/mol. The fourth-order valence-corrected chi connectivity index (χ4v) is 2.74. The van der Waals surface area contributed by atoms with Gasteiger partial charge >= 0.3 is 0 Å². The molecule has 18 heavy (non-hydrogen) atoms. The normalized spacial score (nSPS) is 20.0. The first kappa shape index (κ1) is 13.8. The molecule has 4 N–H and O–H groups in total. The Morgan fingerprint density at radius 2 is 2.17 bits per heavy atom. The van der Waals surface area contributed by atoms with Crippen LogP contribution in [0.5, 0.6) is 0 Å². The molecule has 0 bridgehead atoms. The Morgan fingerprint density at radius 1 is 1.33 bits per heavy atom. The zero-order valence-electron chi connectivity index (χ0n) is 10.7. The van der Waals surface area contributed by atoms with Gasteiger partial charge in [-0.05, 0) is 61.7 Å². The highest BCUT2D eigenvalue weighted by atomic mass is 35.5. The fraction of sp³-hybridized carbons (Fsp3) is 0.571. The van der Waals surface area contributed by atoms with Crippen molar-refractivity contribution >= 4 is 11.6 Å². The molecule has 1 aliphatic rings. The predicted octanol–water partition coefficient (Wildman–Crippen LogP) is 1.89. The molecule has 2 rings (SSSR count). The highest BCUT2D eigenvalue weighted by molar-refractivity contribution is 6.30. The Morgan fingerprint density at radius 3 is 2.89 bits per heavy atom. The molecule has 100 valence electrons. The number of halogens is 1. The largest absolute Gasteiger partial charge is 0.326 e. The molecule has 1 aliphatic heterocycles. The lowest BCUT2D eigenvalue weighted by Gasteiger charge is -2.23. The third-order valence-electron chi connectivity index (χ3n) is 3.41. The van der Waals surface area contributed by atoms with Crippen molar-refractivity contribution < 1.29 is 0 Å². The summed E-state index contributed by atoms with van der Waals surface area (Å²) >= 11 is 6.06. The lowest BCUT2D eigenvalue weighted by atomic mass is 10.00. The van der Waals surface area contributed by atoms with Crippen molar-refractivity contribution in [1.82, 2.24) is 10.6 Å². The second-order valence-corrected chi connectivity index (χ2v) is 5.45. The topological polar surface area (TPSA) is 50.1 Å². The molecule has 1 saturated heterocycles. The van der Waals surface area contributed by atoms with E-state index >= 15 is 0 Å². The summed E-state index contributed by atoms with van der Waals surface area (Å²) in [6.07, 6.45) is 2.62. The number of hydrogen-bond donors (Lipinski definition) is 3. The summed E-state index contributed by atoms with van der Waals surface area (Å²) in [4.78, 5) is 0. The monoisotopic (exact) mass is 267 g/mol. The van der Waals surface area contributed by atoms with Crippen LogP contribution < -0.4 is 16.4 Å². The van der Waals surface area contributed by atoms with Gasteiger partial charge in [-0.15, -0.1) is 0 Å². The first-order chi connectivity index (χ1) is 8.78. The van der Waals surface area contributed by atoms with E-state index in [1.165, 1.54) is 24.9 Å². The molecule has 1 atom stereocenters. The minimum Gasteiger partial charge on any atom is -0.326 e. The van der Waals surface area contributed by atoms with E-state index in [0.29, 0.717) is 6.54 Å². The standard InChI is InChI=1S/C14H22ClN3/c15-14-5-12(7-16)4-13(6-14)10-18-9-11-2-1-3-17-8-11/h4-6,11,17-18H,1-3,7-10,16H2. The zero-order chi connectivity index (χ0) is 12.8. The van der Waals surface area contributed by atoms with Crippen LogP contribution in [0.4, 0.5) is 0 Å². The van der Waals surface area contributed by atoms with Gasteiger partial charge in [-0.1, -0.05) is 17.7 Å². The fourth-order valence-electron chi connectivity index (χ4n) is 2.46. The van der Waals surface area contributed by atoms with Crippen molar-refractivity contribution in [3.63, 3.8) is 0 Å². The molecule has 0 radical (unpaired) electrons. The maximum Gasteiger partial charge on any atom is 0.0412 e. The average Bonchev–Trinajstić information content (AvgIpc) is 2.39. The first-order valence-electron chi connectivity index (χ1n) is 6.68. The molecule has 1 aromatic rings. The van der Waals surface area contributed by atoms with Crippen LogP contribution in [0.15, 0.2) is 18.2 Å². The van der Waals surface area contributed by atoms with Crippen molar-refractivity contribution in [2.75, 3.05) is 19.6 Å². The second kappa shape index (κ2) is 7.10. The van der Waals surface area contributed by atoms with Crippen molar-refractivity contribution in [3.05, 3.63) is 34.3 Å². The van der Waals surface area contributed by atoms with Crippen molar-refractivity contribution in [2.45, 2.75) is 25.9 Å². The smallest absolute Gasteiger partial charge is 0.0412 e. The van der Waals surface area contributed by atoms with Gasteiger partial charge in [0.05, 0.1) is 0 Å². The predicted molar refractivity (Wildman–Crippen MR) is 76.6 cm³/mol. The molecule has 0 amide bonds. The van der Waals surface area contributed by atoms with Crippen LogP contribution >= 0.6 is 11.6 Å². The van der Waals surface area contributed by atoms with E-state index in [1.54, 1.807) is 0 Å². The third kappa shape index (κ3) is 4.25. The first-order valence-corrected chi connectivity index (χ1v) is 7.05. The van der Waals surface area contributed by atoms with E-state index in [0.717, 1.165) is 36.1 Å². The van der Waals surface area contributed by atoms with Crippen LogP contribution in [0.1, 0.15) is 24.0 Å². The number of piperidine rings is 1. The summed E-state index contributed by atoms with van der Waals surface area (Å²) in [6, 6.07) is 6.06. The summed E-state index contributed by atoms with van der Waals surface area (Å²) in [5, 5.41) is 7.72. The van der Waals surface area contributed by atoms with Crippen LogP contribution in [-0.4, -0.2) is 19.6 Å². The van der Waals surface area contributed by atoms with Gasteiger partial charge in [-0.2, -0.15) is 0 Å². The van der Waals surface area contributed by atoms with Crippen molar-refractivity contribution in [2.24, 2.45) is 11.7 Å². The van der Waals surface area contributed by atoms with E-state index in [9.17, 15) is 0 Å². The second-order valence-electron chi connectivity index (χ2n) is 5.02. The van der Waals surface area contributed by atoms with E-state index < -0.39 is 0 Å². The number of benzene rings is 1. The van der Waals surface area contributed by atoms with Crippen LogP contribution in [0.2, 0.25) is 5.02 Å². The number of rotatable bonds is 5. The van der Waals surface area contributed by atoms with E-state index in [4.69, 9.17) is 17.3 Å². The Bertz CT molecular complexity index is 375. The highest BCUT2D eigenvalue weighted by Crippen LogP contribution is 2.15. The summed E-state index contributed by atoms with van der Waals surface area (Å²) in [5.41, 5.74) is 7.96. The van der Waals surface area contributed by atoms with Gasteiger partial charge in [0.25, 0.3) is 0 Å². The molecule has 0 spiro atoms. The SMILES string of the molecule is NCc1cc(Cl)cc(CNCC2CCCNC2)c1. The van der Waals surface area contributed by atoms with Crippen LogP contribution in [0.25, 0.3) is 0 Å². The maximum atomic E-state index is 6.06. The van der Waals surface area contributed by atoms with Gasteiger partial charge in [0.15, 0.2) is 0 Å². The molecule has 0 saturated carbocycles. The lowest BCUT2D eigenvalue weighted by Crippen LogP contribution is -2.35. The molecule has 1 heterocycles. The molecule has 3 nitrogen and oxygen atoms in total. The van der Waals surface area contributed by atoms with E-state index in [1.807, 2.05) is 12.1 Å². The molecule has 4 heteroatoms. The van der Waals surface area contributed by atoms with Gasteiger partial charge in [-0.25, -0.2) is 0 Å². The number of hydrogen-bond acceptors (Lipinski definition) is 3. The molecular formula is C14H22ClN3.